The van der Waals surface area contributed by atoms with Gasteiger partial charge in [0.25, 0.3) is 0 Å². The van der Waals surface area contributed by atoms with Crippen molar-refractivity contribution in [1.82, 2.24) is 15.1 Å². The van der Waals surface area contributed by atoms with Gasteiger partial charge in [0.05, 0.1) is 6.20 Å². The molecule has 1 unspecified atom stereocenters. The summed E-state index contributed by atoms with van der Waals surface area (Å²) in [7, 11) is 0. The summed E-state index contributed by atoms with van der Waals surface area (Å²) in [5.41, 5.74) is 1.26. The van der Waals surface area contributed by atoms with Crippen LogP contribution in [0.5, 0.6) is 0 Å². The Hall–Kier alpha value is -0.350. The first kappa shape index (κ1) is 12.7. The average Bonchev–Trinajstić information content (AvgIpc) is 2.72. The summed E-state index contributed by atoms with van der Waals surface area (Å²) in [4.78, 5) is 0.642. The molecule has 0 saturated heterocycles. The van der Waals surface area contributed by atoms with Crippen LogP contribution in [0.2, 0.25) is 0 Å². The summed E-state index contributed by atoms with van der Waals surface area (Å²) in [6.45, 7) is 7.22. The predicted octanol–water partition coefficient (Wildman–Crippen LogP) is 2.56. The summed E-state index contributed by atoms with van der Waals surface area (Å²) in [6.07, 6.45) is 6.40. The first-order chi connectivity index (χ1) is 7.26. The van der Waals surface area contributed by atoms with Crippen LogP contribution < -0.4 is 5.32 Å². The molecule has 0 aromatic carbocycles. The van der Waals surface area contributed by atoms with Crippen molar-refractivity contribution < 1.29 is 0 Å². The summed E-state index contributed by atoms with van der Waals surface area (Å²) in [5, 5.41) is 7.65. The van der Waals surface area contributed by atoms with Gasteiger partial charge in [-0.15, -0.1) is 0 Å². The number of halogens is 1. The molecule has 0 radical (unpaired) electrons. The minimum atomic E-state index is 0.642. The topological polar surface area (TPSA) is 29.9 Å². The monoisotopic (exact) mass is 273 g/mol. The van der Waals surface area contributed by atoms with Crippen molar-refractivity contribution in [2.45, 2.75) is 44.6 Å². The van der Waals surface area contributed by atoms with Crippen LogP contribution in [0.1, 0.15) is 32.3 Å². The Bertz CT molecular complexity index is 273. The van der Waals surface area contributed by atoms with Crippen LogP contribution in [0.25, 0.3) is 0 Å². The van der Waals surface area contributed by atoms with Crippen LogP contribution in [0.4, 0.5) is 0 Å². The molecule has 1 atom stereocenters. The highest BCUT2D eigenvalue weighted by molar-refractivity contribution is 9.09. The third-order valence-corrected chi connectivity index (χ3v) is 3.52. The summed E-state index contributed by atoms with van der Waals surface area (Å²) in [6, 6.07) is 0. The Morgan fingerprint density at radius 2 is 2.33 bits per heavy atom. The summed E-state index contributed by atoms with van der Waals surface area (Å²) < 4.78 is 1.95. The van der Waals surface area contributed by atoms with Gasteiger partial charge in [-0.1, -0.05) is 22.9 Å². The number of nitrogens with one attached hydrogen (secondary N) is 1. The van der Waals surface area contributed by atoms with E-state index < -0.39 is 0 Å². The van der Waals surface area contributed by atoms with Crippen molar-refractivity contribution in [3.05, 3.63) is 18.0 Å². The van der Waals surface area contributed by atoms with Crippen LogP contribution in [0.15, 0.2) is 12.4 Å². The fourth-order valence-corrected chi connectivity index (χ4v) is 1.60. The van der Waals surface area contributed by atoms with Crippen molar-refractivity contribution in [3.8, 4) is 0 Å². The Balaban J connectivity index is 2.14. The lowest BCUT2D eigenvalue weighted by Gasteiger charge is -2.06. The lowest BCUT2D eigenvalue weighted by atomic mass is 10.2. The minimum Gasteiger partial charge on any atom is -0.313 e. The molecule has 86 valence electrons. The van der Waals surface area contributed by atoms with Crippen LogP contribution in [-0.4, -0.2) is 21.2 Å². The standard InChI is InChI=1S/C11H20BrN3/c1-3-11(12)5-6-13-7-10-8-14-15(4-2)9-10/h8-9,11,13H,3-7H2,1-2H3. The maximum Gasteiger partial charge on any atom is 0.0534 e. The van der Waals surface area contributed by atoms with E-state index in [2.05, 4.69) is 46.4 Å². The predicted molar refractivity (Wildman–Crippen MR) is 67.2 cm³/mol. The Labute approximate surface area is 100 Å². The second-order valence-electron chi connectivity index (χ2n) is 3.68. The number of alkyl halides is 1. The molecule has 15 heavy (non-hydrogen) atoms. The zero-order valence-electron chi connectivity index (χ0n) is 9.54. The van der Waals surface area contributed by atoms with Crippen LogP contribution in [0.3, 0.4) is 0 Å². The van der Waals surface area contributed by atoms with Crippen LogP contribution in [0, 0.1) is 0 Å². The molecule has 0 aliphatic rings. The number of nitrogens with zero attached hydrogens (tertiary/aromatic N) is 2. The van der Waals surface area contributed by atoms with Crippen LogP contribution >= 0.6 is 15.9 Å². The van der Waals surface area contributed by atoms with Gasteiger partial charge in [-0.05, 0) is 26.3 Å². The second kappa shape index (κ2) is 7.01. The molecule has 1 N–H and O–H groups in total. The third-order valence-electron chi connectivity index (χ3n) is 2.42. The lowest BCUT2D eigenvalue weighted by Crippen LogP contribution is -2.17. The molecular formula is C11H20BrN3. The first-order valence-corrected chi connectivity index (χ1v) is 6.54. The van der Waals surface area contributed by atoms with Gasteiger partial charge < -0.3 is 5.32 Å². The van der Waals surface area contributed by atoms with Crippen molar-refractivity contribution in [2.75, 3.05) is 6.54 Å². The molecule has 0 aliphatic carbocycles. The molecule has 0 bridgehead atoms. The van der Waals surface area contributed by atoms with Crippen LogP contribution in [-0.2, 0) is 13.1 Å². The van der Waals surface area contributed by atoms with Crippen molar-refractivity contribution >= 4 is 15.9 Å². The van der Waals surface area contributed by atoms with Gasteiger partial charge in [0.2, 0.25) is 0 Å². The van der Waals surface area contributed by atoms with E-state index in [1.807, 2.05) is 10.9 Å². The zero-order valence-corrected chi connectivity index (χ0v) is 11.1. The number of aryl methyl sites for hydroxylation is 1. The highest BCUT2D eigenvalue weighted by Crippen LogP contribution is 2.07. The summed E-state index contributed by atoms with van der Waals surface area (Å²) >= 11 is 3.62. The molecule has 0 spiro atoms. The van der Waals surface area contributed by atoms with Crippen molar-refractivity contribution in [3.63, 3.8) is 0 Å². The minimum absolute atomic E-state index is 0.642. The van der Waals surface area contributed by atoms with E-state index >= 15 is 0 Å². The molecule has 1 heterocycles. The maximum atomic E-state index is 4.23. The Morgan fingerprint density at radius 1 is 1.53 bits per heavy atom. The first-order valence-electron chi connectivity index (χ1n) is 5.62. The fraction of sp³-hybridized carbons (Fsp3) is 0.727. The van der Waals surface area contributed by atoms with E-state index in [0.717, 1.165) is 19.6 Å². The molecule has 0 aliphatic heterocycles. The normalized spacial score (nSPS) is 13.0. The third kappa shape index (κ3) is 4.80. The lowest BCUT2D eigenvalue weighted by molar-refractivity contribution is 0.627. The quantitative estimate of drug-likeness (QED) is 0.611. The van der Waals surface area contributed by atoms with E-state index in [1.165, 1.54) is 18.4 Å². The Kier molecular flexibility index (Phi) is 5.95. The molecule has 3 nitrogen and oxygen atoms in total. The van der Waals surface area contributed by atoms with Gasteiger partial charge in [0, 0.05) is 29.7 Å². The van der Waals surface area contributed by atoms with Gasteiger partial charge in [-0.2, -0.15) is 5.10 Å². The van der Waals surface area contributed by atoms with Crippen molar-refractivity contribution in [2.24, 2.45) is 0 Å². The van der Waals surface area contributed by atoms with E-state index in [0.29, 0.717) is 4.83 Å². The highest BCUT2D eigenvalue weighted by atomic mass is 79.9. The van der Waals surface area contributed by atoms with E-state index in [4.69, 9.17) is 0 Å². The van der Waals surface area contributed by atoms with E-state index in [-0.39, 0.29) is 0 Å². The number of hydrogen-bond donors (Lipinski definition) is 1. The van der Waals surface area contributed by atoms with Gasteiger partial charge in [0.1, 0.15) is 0 Å². The molecule has 0 saturated carbocycles. The number of rotatable bonds is 7. The molecule has 1 rings (SSSR count). The maximum absolute atomic E-state index is 4.23. The molecular weight excluding hydrogens is 254 g/mol. The number of hydrogen-bond acceptors (Lipinski definition) is 2. The molecule has 1 aromatic rings. The second-order valence-corrected chi connectivity index (χ2v) is 4.97. The highest BCUT2D eigenvalue weighted by Gasteiger charge is 2.00. The molecule has 0 amide bonds. The fourth-order valence-electron chi connectivity index (χ4n) is 1.37. The molecule has 1 aromatic heterocycles. The summed E-state index contributed by atoms with van der Waals surface area (Å²) in [5.74, 6) is 0. The molecule has 0 fully saturated rings. The SMILES string of the molecule is CCC(Br)CCNCc1cnn(CC)c1. The van der Waals surface area contributed by atoms with E-state index in [9.17, 15) is 0 Å². The zero-order chi connectivity index (χ0) is 11.1. The van der Waals surface area contributed by atoms with Gasteiger partial charge in [-0.25, -0.2) is 0 Å². The van der Waals surface area contributed by atoms with Gasteiger partial charge in [0.15, 0.2) is 0 Å². The molecule has 4 heteroatoms. The largest absolute Gasteiger partial charge is 0.313 e. The average molecular weight is 274 g/mol. The smallest absolute Gasteiger partial charge is 0.0534 e. The van der Waals surface area contributed by atoms with E-state index in [1.54, 1.807) is 0 Å². The number of aromatic nitrogens is 2. The van der Waals surface area contributed by atoms with Gasteiger partial charge in [-0.3, -0.25) is 4.68 Å². The van der Waals surface area contributed by atoms with Crippen molar-refractivity contribution in [1.29, 1.82) is 0 Å². The Morgan fingerprint density at radius 3 is 2.93 bits per heavy atom. The van der Waals surface area contributed by atoms with Gasteiger partial charge >= 0.3 is 0 Å².